The summed E-state index contributed by atoms with van der Waals surface area (Å²) >= 11 is 0. The van der Waals surface area contributed by atoms with E-state index in [0.29, 0.717) is 19.3 Å². The Hall–Kier alpha value is -1.79. The zero-order chi connectivity index (χ0) is 59.5. The van der Waals surface area contributed by atoms with E-state index in [4.69, 9.17) is 18.9 Å². The van der Waals surface area contributed by atoms with Crippen molar-refractivity contribution in [1.82, 2.24) is 5.32 Å². The van der Waals surface area contributed by atoms with Crippen molar-refractivity contribution in [2.45, 2.75) is 370 Å². The molecule has 2 aliphatic rings. The molecular formula is C68H127NO13. The van der Waals surface area contributed by atoms with Gasteiger partial charge >= 0.3 is 0 Å². The Morgan fingerprint density at radius 3 is 1.23 bits per heavy atom. The summed E-state index contributed by atoms with van der Waals surface area (Å²) in [6.45, 7) is 2.88. The zero-order valence-electron chi connectivity index (χ0n) is 52.2. The molecule has 82 heavy (non-hydrogen) atoms. The first-order valence-electron chi connectivity index (χ1n) is 34.2. The smallest absolute Gasteiger partial charge is 0.220 e. The topological polar surface area (TPSA) is 228 Å². The molecule has 2 aliphatic heterocycles. The molecule has 482 valence electrons. The van der Waals surface area contributed by atoms with Crippen molar-refractivity contribution < 1.29 is 64.6 Å². The van der Waals surface area contributed by atoms with Crippen molar-refractivity contribution >= 4 is 5.91 Å². The van der Waals surface area contributed by atoms with Gasteiger partial charge in [-0.05, 0) is 51.4 Å². The molecule has 0 aromatic heterocycles. The van der Waals surface area contributed by atoms with Gasteiger partial charge in [0.2, 0.25) is 5.91 Å². The van der Waals surface area contributed by atoms with Gasteiger partial charge in [0.05, 0.1) is 32.0 Å². The van der Waals surface area contributed by atoms with Crippen molar-refractivity contribution in [3.63, 3.8) is 0 Å². The minimum absolute atomic E-state index is 0.216. The number of unbranched alkanes of at least 4 members (excludes halogenated alkanes) is 37. The monoisotopic (exact) mass is 1170 g/mol. The van der Waals surface area contributed by atoms with Gasteiger partial charge in [0.15, 0.2) is 12.6 Å². The fourth-order valence-corrected chi connectivity index (χ4v) is 11.4. The van der Waals surface area contributed by atoms with E-state index in [1.807, 2.05) is 0 Å². The van der Waals surface area contributed by atoms with Crippen LogP contribution >= 0.6 is 0 Å². The minimum atomic E-state index is -1.78. The largest absolute Gasteiger partial charge is 0.394 e. The fraction of sp³-hybridized carbons (Fsp3) is 0.897. The highest BCUT2D eigenvalue weighted by atomic mass is 16.7. The van der Waals surface area contributed by atoms with Crippen LogP contribution in [0.1, 0.15) is 296 Å². The third kappa shape index (κ3) is 37.7. The van der Waals surface area contributed by atoms with Crippen LogP contribution in [0.25, 0.3) is 0 Å². The van der Waals surface area contributed by atoms with Gasteiger partial charge in [-0.2, -0.15) is 0 Å². The second-order valence-corrected chi connectivity index (χ2v) is 24.3. The van der Waals surface area contributed by atoms with Crippen LogP contribution in [0, 0.1) is 0 Å². The lowest BCUT2D eigenvalue weighted by Gasteiger charge is -2.46. The van der Waals surface area contributed by atoms with Gasteiger partial charge in [-0.3, -0.25) is 4.79 Å². The number of amides is 1. The molecule has 1 amide bonds. The predicted molar refractivity (Wildman–Crippen MR) is 332 cm³/mol. The summed E-state index contributed by atoms with van der Waals surface area (Å²) in [5.74, 6) is -0.216. The maximum absolute atomic E-state index is 13.3. The SMILES string of the molecule is CCCCCCC/C=C\C/C=C\C/C=C\CCCCCCCCC(=O)NC(COC1OC(CO)C(OC2OC(CO)C(O)C(O)C2O)C(O)C1O)C(O)CCCCCCCCCCCCCCCCCCCCCCCCCCCCC. The number of carbonyl (C=O) groups is 1. The summed E-state index contributed by atoms with van der Waals surface area (Å²) in [7, 11) is 0. The number of rotatable bonds is 56. The van der Waals surface area contributed by atoms with Crippen LogP contribution in [-0.4, -0.2) is 140 Å². The highest BCUT2D eigenvalue weighted by molar-refractivity contribution is 5.76. The van der Waals surface area contributed by atoms with E-state index in [2.05, 4.69) is 55.6 Å². The molecule has 0 aromatic carbocycles. The molecule has 0 radical (unpaired) electrons. The second kappa shape index (κ2) is 53.4. The maximum Gasteiger partial charge on any atom is 0.220 e. The molecule has 2 saturated heterocycles. The number of aliphatic hydroxyl groups excluding tert-OH is 8. The molecule has 0 spiro atoms. The molecule has 2 heterocycles. The molecule has 0 bridgehead atoms. The minimum Gasteiger partial charge on any atom is -0.394 e. The van der Waals surface area contributed by atoms with Gasteiger partial charge in [0.1, 0.15) is 48.8 Å². The van der Waals surface area contributed by atoms with Crippen molar-refractivity contribution in [2.75, 3.05) is 19.8 Å². The van der Waals surface area contributed by atoms with Crippen LogP contribution in [0.2, 0.25) is 0 Å². The second-order valence-electron chi connectivity index (χ2n) is 24.3. The summed E-state index contributed by atoms with van der Waals surface area (Å²) in [4.78, 5) is 13.3. The summed E-state index contributed by atoms with van der Waals surface area (Å²) in [6, 6.07) is -0.838. The Labute approximate surface area is 500 Å². The molecule has 2 fully saturated rings. The standard InChI is InChI=1S/C68H127NO13/c1-3-5-7-9-11-13-15-17-19-21-23-25-26-27-28-29-30-32-33-35-37-39-41-43-45-47-49-51-57(72)56(55-79-67-65(78)63(76)66(59(54-71)81-67)82-68-64(77)62(75)61(74)58(53-70)80-68)69-60(73)52-50-48-46-44-42-40-38-36-34-31-24-22-20-18-16-14-12-10-8-6-4-2/h16,18,22,24,34,36,56-59,61-68,70-72,74-78H,3-15,17,19-21,23,25-33,35,37-55H2,1-2H3,(H,69,73)/b18-16-,24-22-,36-34-. The molecule has 14 nitrogen and oxygen atoms in total. The van der Waals surface area contributed by atoms with Gasteiger partial charge in [-0.25, -0.2) is 0 Å². The Morgan fingerprint density at radius 2 is 0.805 bits per heavy atom. The first kappa shape index (κ1) is 76.3. The van der Waals surface area contributed by atoms with E-state index in [0.717, 1.165) is 77.0 Å². The predicted octanol–water partition coefficient (Wildman–Crippen LogP) is 13.3. The lowest BCUT2D eigenvalue weighted by molar-refractivity contribution is -0.359. The molecule has 9 N–H and O–H groups in total. The van der Waals surface area contributed by atoms with Crippen LogP contribution in [0.3, 0.4) is 0 Å². The van der Waals surface area contributed by atoms with Gasteiger partial charge in [0.25, 0.3) is 0 Å². The van der Waals surface area contributed by atoms with E-state index in [9.17, 15) is 45.6 Å². The lowest BCUT2D eigenvalue weighted by atomic mass is 9.97. The fourth-order valence-electron chi connectivity index (χ4n) is 11.4. The molecule has 12 unspecified atom stereocenters. The van der Waals surface area contributed by atoms with E-state index in [-0.39, 0.29) is 12.5 Å². The van der Waals surface area contributed by atoms with Crippen LogP contribution in [0.15, 0.2) is 36.5 Å². The number of carbonyl (C=O) groups excluding carboxylic acids is 1. The Bertz CT molecular complexity index is 1510. The van der Waals surface area contributed by atoms with E-state index in [1.165, 1.54) is 186 Å². The summed E-state index contributed by atoms with van der Waals surface area (Å²) in [5.41, 5.74) is 0. The van der Waals surface area contributed by atoms with Gasteiger partial charge in [-0.15, -0.1) is 0 Å². The third-order valence-corrected chi connectivity index (χ3v) is 16.9. The van der Waals surface area contributed by atoms with Crippen molar-refractivity contribution in [3.8, 4) is 0 Å². The van der Waals surface area contributed by atoms with Crippen molar-refractivity contribution in [1.29, 1.82) is 0 Å². The number of hydrogen-bond acceptors (Lipinski definition) is 13. The highest BCUT2D eigenvalue weighted by Crippen LogP contribution is 2.30. The summed E-state index contributed by atoms with van der Waals surface area (Å²) in [6.07, 6.45) is 50.1. The Kier molecular flexibility index (Phi) is 49.7. The number of hydrogen-bond donors (Lipinski definition) is 9. The number of nitrogens with one attached hydrogen (secondary N) is 1. The van der Waals surface area contributed by atoms with Crippen molar-refractivity contribution in [3.05, 3.63) is 36.5 Å². The average molecular weight is 1170 g/mol. The number of ether oxygens (including phenoxy) is 4. The van der Waals surface area contributed by atoms with Crippen molar-refractivity contribution in [2.24, 2.45) is 0 Å². The summed E-state index contributed by atoms with van der Waals surface area (Å²) in [5, 5.41) is 87.5. The number of allylic oxidation sites excluding steroid dienone is 6. The van der Waals surface area contributed by atoms with Crippen LogP contribution < -0.4 is 5.32 Å². The first-order valence-corrected chi connectivity index (χ1v) is 34.2. The summed E-state index contributed by atoms with van der Waals surface area (Å²) < 4.78 is 22.9. The van der Waals surface area contributed by atoms with E-state index >= 15 is 0 Å². The lowest BCUT2D eigenvalue weighted by Crippen LogP contribution is -2.65. The van der Waals surface area contributed by atoms with Crippen LogP contribution in [0.5, 0.6) is 0 Å². The highest BCUT2D eigenvalue weighted by Gasteiger charge is 2.51. The molecule has 2 rings (SSSR count). The molecule has 12 atom stereocenters. The third-order valence-electron chi connectivity index (χ3n) is 16.9. The number of aliphatic hydroxyl groups is 8. The Morgan fingerprint density at radius 1 is 0.439 bits per heavy atom. The maximum atomic E-state index is 13.3. The van der Waals surface area contributed by atoms with E-state index in [1.54, 1.807) is 0 Å². The first-order chi connectivity index (χ1) is 40.1. The molecular weight excluding hydrogens is 1040 g/mol. The van der Waals surface area contributed by atoms with E-state index < -0.39 is 86.8 Å². The average Bonchev–Trinajstić information content (AvgIpc) is 3.66. The van der Waals surface area contributed by atoms with Crippen LogP contribution in [-0.2, 0) is 23.7 Å². The zero-order valence-corrected chi connectivity index (χ0v) is 52.2. The van der Waals surface area contributed by atoms with Gasteiger partial charge < -0.3 is 65.1 Å². The quantitative estimate of drug-likeness (QED) is 0.0204. The molecule has 0 saturated carbocycles. The van der Waals surface area contributed by atoms with Crippen LogP contribution in [0.4, 0.5) is 0 Å². The Balaban J connectivity index is 1.69. The molecule has 14 heteroatoms. The molecule has 0 aromatic rings. The van der Waals surface area contributed by atoms with Gasteiger partial charge in [0, 0.05) is 6.42 Å². The molecule has 0 aliphatic carbocycles. The normalized spacial score (nSPS) is 24.1. The van der Waals surface area contributed by atoms with Gasteiger partial charge in [-0.1, -0.05) is 275 Å².